The highest BCUT2D eigenvalue weighted by molar-refractivity contribution is 6.32. The molecule has 0 spiro atoms. The van der Waals surface area contributed by atoms with E-state index in [1.165, 1.54) is 6.26 Å². The number of rotatable bonds is 8. The lowest BCUT2D eigenvalue weighted by molar-refractivity contribution is 0.0925. The van der Waals surface area contributed by atoms with Crippen LogP contribution in [0.3, 0.4) is 0 Å². The summed E-state index contributed by atoms with van der Waals surface area (Å²) in [7, 11) is 0. The predicted octanol–water partition coefficient (Wildman–Crippen LogP) is 6.29. The Kier molecular flexibility index (Phi) is 7.25. The zero-order valence-electron chi connectivity index (χ0n) is 20.1. The smallest absolute Gasteiger partial charge is 0.234 e. The molecule has 1 N–H and O–H groups in total. The molecule has 0 saturated heterocycles. The maximum atomic E-state index is 6.36. The van der Waals surface area contributed by atoms with Gasteiger partial charge in [-0.05, 0) is 48.6 Å². The van der Waals surface area contributed by atoms with Gasteiger partial charge in [0.1, 0.15) is 24.4 Å². The Balaban J connectivity index is 1.47. The molecule has 0 fully saturated rings. The van der Waals surface area contributed by atoms with Crippen LogP contribution in [-0.4, -0.2) is 26.5 Å². The lowest BCUT2D eigenvalue weighted by Gasteiger charge is -2.20. The summed E-state index contributed by atoms with van der Waals surface area (Å²) >= 11 is 6.36. The number of pyridine rings is 2. The van der Waals surface area contributed by atoms with E-state index in [-0.39, 0.29) is 6.61 Å². The molecule has 0 aromatic carbocycles. The summed E-state index contributed by atoms with van der Waals surface area (Å²) < 4.78 is 17.4. The number of hydrogen-bond donors (Lipinski definition) is 1. The largest absolute Gasteiger partial charge is 0.463 e. The number of aromatic nitrogens is 4. The molecule has 0 saturated carbocycles. The second kappa shape index (κ2) is 10.9. The Bertz CT molecular complexity index is 1400. The molecule has 3 aromatic rings. The van der Waals surface area contributed by atoms with Gasteiger partial charge in [-0.1, -0.05) is 43.7 Å². The summed E-state index contributed by atoms with van der Waals surface area (Å²) in [6, 6.07) is 7.30. The molecule has 1 aliphatic carbocycles. The number of nitrogens with one attached hydrogen (secondary N) is 1. The number of fused-ring (bicyclic) bond motifs is 1. The zero-order chi connectivity index (χ0) is 24.9. The molecule has 2 aliphatic rings. The first-order valence-corrected chi connectivity index (χ1v) is 12.2. The third-order valence-electron chi connectivity index (χ3n) is 5.43. The standard InChI is InChI=1S/C27H26ClN5O3/c1-17(2)13-34-15-23-31-26-19(10-11-21(30-26)25-20(28)9-6-12-29-25)27(32-23)33-24-16-35-14-22(36-24)18-7-4-3-5-8-18/h3-4,6-7,9-12,14,16-17H,5,8,13,15H2,1-2H3,(H,30,31,32,33). The van der Waals surface area contributed by atoms with Gasteiger partial charge in [-0.3, -0.25) is 4.98 Å². The van der Waals surface area contributed by atoms with Gasteiger partial charge >= 0.3 is 0 Å². The summed E-state index contributed by atoms with van der Waals surface area (Å²) in [4.78, 5) is 18.5. The number of nitrogens with zero attached hydrogens (tertiary/aromatic N) is 4. The Morgan fingerprint density at radius 2 is 2.06 bits per heavy atom. The molecular formula is C27H26ClN5O3. The van der Waals surface area contributed by atoms with E-state index in [9.17, 15) is 0 Å². The van der Waals surface area contributed by atoms with E-state index in [0.717, 1.165) is 18.4 Å². The van der Waals surface area contributed by atoms with Crippen LogP contribution in [0.2, 0.25) is 5.02 Å². The topological polar surface area (TPSA) is 91.3 Å². The van der Waals surface area contributed by atoms with Crippen LogP contribution in [0.4, 0.5) is 5.82 Å². The number of halogens is 1. The third kappa shape index (κ3) is 5.56. The maximum Gasteiger partial charge on any atom is 0.234 e. The number of ether oxygens (including phenoxy) is 3. The molecule has 1 aliphatic heterocycles. The highest BCUT2D eigenvalue weighted by Gasteiger charge is 2.18. The Hall–Kier alpha value is -3.75. The number of allylic oxidation sites excluding steroid dienone is 4. The van der Waals surface area contributed by atoms with Gasteiger partial charge in [0.15, 0.2) is 23.5 Å². The summed E-state index contributed by atoms with van der Waals surface area (Å²) in [5, 5.41) is 4.46. The third-order valence-corrected chi connectivity index (χ3v) is 5.74. The van der Waals surface area contributed by atoms with Crippen LogP contribution < -0.4 is 5.32 Å². The van der Waals surface area contributed by atoms with Crippen molar-refractivity contribution in [3.8, 4) is 11.4 Å². The van der Waals surface area contributed by atoms with Crippen LogP contribution in [-0.2, 0) is 20.8 Å². The average Bonchev–Trinajstić information content (AvgIpc) is 2.89. The Morgan fingerprint density at radius 1 is 1.14 bits per heavy atom. The van der Waals surface area contributed by atoms with Crippen molar-refractivity contribution in [2.45, 2.75) is 33.3 Å². The Labute approximate surface area is 214 Å². The van der Waals surface area contributed by atoms with Gasteiger partial charge < -0.3 is 19.5 Å². The van der Waals surface area contributed by atoms with Gasteiger partial charge in [0.25, 0.3) is 0 Å². The van der Waals surface area contributed by atoms with E-state index in [1.807, 2.05) is 24.3 Å². The van der Waals surface area contributed by atoms with Gasteiger partial charge in [-0.15, -0.1) is 0 Å². The van der Waals surface area contributed by atoms with E-state index in [0.29, 0.717) is 63.3 Å². The van der Waals surface area contributed by atoms with Crippen molar-refractivity contribution in [1.29, 1.82) is 0 Å². The zero-order valence-corrected chi connectivity index (χ0v) is 20.8. The maximum absolute atomic E-state index is 6.36. The molecule has 4 heterocycles. The molecule has 5 rings (SSSR count). The van der Waals surface area contributed by atoms with E-state index >= 15 is 0 Å². The molecule has 184 valence electrons. The Morgan fingerprint density at radius 3 is 2.86 bits per heavy atom. The quantitative estimate of drug-likeness (QED) is 0.383. The van der Waals surface area contributed by atoms with E-state index in [2.05, 4.69) is 35.2 Å². The minimum atomic E-state index is 0.250. The SMILES string of the molecule is CC(C)COCc1nc(NC2=COC=C(C3=CC=CCC3)O2)c2ccc(-c3ncccc3Cl)nc2n1. The van der Waals surface area contributed by atoms with Crippen molar-refractivity contribution >= 4 is 28.5 Å². The van der Waals surface area contributed by atoms with Crippen LogP contribution in [0.5, 0.6) is 0 Å². The van der Waals surface area contributed by atoms with Crippen LogP contribution >= 0.6 is 11.6 Å². The fraction of sp³-hybridized carbons (Fsp3) is 0.259. The van der Waals surface area contributed by atoms with Crippen LogP contribution in [0, 0.1) is 5.92 Å². The minimum Gasteiger partial charge on any atom is -0.463 e. The molecule has 0 amide bonds. The molecule has 0 unspecified atom stereocenters. The first kappa shape index (κ1) is 24.0. The summed E-state index contributed by atoms with van der Waals surface area (Å²) in [6.45, 7) is 5.03. The van der Waals surface area contributed by atoms with E-state index < -0.39 is 0 Å². The molecule has 36 heavy (non-hydrogen) atoms. The van der Waals surface area contributed by atoms with Crippen molar-refractivity contribution < 1.29 is 14.2 Å². The number of hydrogen-bond acceptors (Lipinski definition) is 8. The van der Waals surface area contributed by atoms with E-state index in [4.69, 9.17) is 35.8 Å². The van der Waals surface area contributed by atoms with Gasteiger partial charge in [-0.2, -0.15) is 0 Å². The molecule has 9 heteroatoms. The van der Waals surface area contributed by atoms with Crippen molar-refractivity contribution in [1.82, 2.24) is 19.9 Å². The first-order chi connectivity index (χ1) is 17.6. The van der Waals surface area contributed by atoms with Gasteiger partial charge in [-0.25, -0.2) is 15.0 Å². The molecular weight excluding hydrogens is 478 g/mol. The second-order valence-electron chi connectivity index (χ2n) is 8.78. The van der Waals surface area contributed by atoms with Crippen molar-refractivity contribution in [3.63, 3.8) is 0 Å². The molecule has 8 nitrogen and oxygen atoms in total. The van der Waals surface area contributed by atoms with Crippen molar-refractivity contribution in [2.75, 3.05) is 11.9 Å². The molecule has 3 aromatic heterocycles. The lowest BCUT2D eigenvalue weighted by atomic mass is 10.0. The molecule has 0 radical (unpaired) electrons. The minimum absolute atomic E-state index is 0.250. The normalized spacial score (nSPS) is 15.2. The summed E-state index contributed by atoms with van der Waals surface area (Å²) in [5.74, 6) is 2.49. The fourth-order valence-electron chi connectivity index (χ4n) is 3.75. The van der Waals surface area contributed by atoms with Crippen molar-refractivity contribution in [2.24, 2.45) is 5.92 Å². The molecule has 0 atom stereocenters. The second-order valence-corrected chi connectivity index (χ2v) is 9.19. The van der Waals surface area contributed by atoms with Gasteiger partial charge in [0.05, 0.1) is 16.1 Å². The van der Waals surface area contributed by atoms with Crippen LogP contribution in [0.25, 0.3) is 22.4 Å². The highest BCUT2D eigenvalue weighted by atomic mass is 35.5. The highest BCUT2D eigenvalue weighted by Crippen LogP contribution is 2.30. The monoisotopic (exact) mass is 503 g/mol. The van der Waals surface area contributed by atoms with Crippen molar-refractivity contribution in [3.05, 3.63) is 89.3 Å². The predicted molar refractivity (Wildman–Crippen MR) is 138 cm³/mol. The van der Waals surface area contributed by atoms with Gasteiger partial charge in [0, 0.05) is 12.8 Å². The van der Waals surface area contributed by atoms with Crippen LogP contribution in [0.15, 0.2) is 78.4 Å². The molecule has 0 bridgehead atoms. The van der Waals surface area contributed by atoms with E-state index in [1.54, 1.807) is 24.6 Å². The first-order valence-electron chi connectivity index (χ1n) is 11.8. The van der Waals surface area contributed by atoms with Gasteiger partial charge in [0.2, 0.25) is 5.88 Å². The number of anilines is 1. The van der Waals surface area contributed by atoms with Crippen LogP contribution in [0.1, 0.15) is 32.5 Å². The lowest BCUT2D eigenvalue weighted by Crippen LogP contribution is -2.13. The summed E-state index contributed by atoms with van der Waals surface area (Å²) in [6.07, 6.45) is 12.8. The average molecular weight is 504 g/mol. The summed E-state index contributed by atoms with van der Waals surface area (Å²) in [5.41, 5.74) is 2.76. The fourth-order valence-corrected chi connectivity index (χ4v) is 3.97.